The number of amides is 1. The molecular weight excluding hydrogens is 204 g/mol. The number of nitrogens with two attached hydrogens (primary N) is 1. The summed E-state index contributed by atoms with van der Waals surface area (Å²) in [7, 11) is 0. The van der Waals surface area contributed by atoms with Crippen molar-refractivity contribution in [1.29, 1.82) is 0 Å². The third-order valence-electron chi connectivity index (χ3n) is 2.90. The van der Waals surface area contributed by atoms with Gasteiger partial charge in [0.05, 0.1) is 12.1 Å². The Balaban J connectivity index is 1.92. The van der Waals surface area contributed by atoms with Gasteiger partial charge in [0.15, 0.2) is 0 Å². The molecular formula is C11H18N4O. The van der Waals surface area contributed by atoms with Crippen LogP contribution in [-0.2, 0) is 11.2 Å². The molecule has 16 heavy (non-hydrogen) atoms. The van der Waals surface area contributed by atoms with Crippen LogP contribution in [0.2, 0.25) is 0 Å². The molecule has 0 bridgehead atoms. The van der Waals surface area contributed by atoms with Crippen molar-refractivity contribution in [2.75, 3.05) is 13.1 Å². The summed E-state index contributed by atoms with van der Waals surface area (Å²) < 4.78 is 0. The Morgan fingerprint density at radius 2 is 2.56 bits per heavy atom. The van der Waals surface area contributed by atoms with Gasteiger partial charge in [0.1, 0.15) is 0 Å². The van der Waals surface area contributed by atoms with Gasteiger partial charge in [-0.1, -0.05) is 0 Å². The fourth-order valence-corrected chi connectivity index (χ4v) is 2.07. The van der Waals surface area contributed by atoms with E-state index in [1.165, 1.54) is 0 Å². The molecule has 2 heterocycles. The van der Waals surface area contributed by atoms with E-state index in [1.807, 2.05) is 17.9 Å². The van der Waals surface area contributed by atoms with E-state index < -0.39 is 0 Å². The summed E-state index contributed by atoms with van der Waals surface area (Å²) in [6.45, 7) is 3.44. The second-order valence-electron chi connectivity index (χ2n) is 4.46. The molecule has 1 aromatic heterocycles. The number of aryl methyl sites for hydroxylation is 1. The first-order chi connectivity index (χ1) is 7.65. The SMILES string of the molecule is Cc1cc(CC(=O)N2CCCC(N)C2)n[nH]1. The lowest BCUT2D eigenvalue weighted by Gasteiger charge is -2.30. The maximum absolute atomic E-state index is 11.9. The molecule has 1 aliphatic rings. The molecule has 1 unspecified atom stereocenters. The Labute approximate surface area is 95.0 Å². The summed E-state index contributed by atoms with van der Waals surface area (Å²) in [5.41, 5.74) is 7.64. The molecule has 0 aliphatic carbocycles. The molecule has 1 aromatic rings. The van der Waals surface area contributed by atoms with Crippen molar-refractivity contribution in [3.63, 3.8) is 0 Å². The minimum Gasteiger partial charge on any atom is -0.341 e. The molecule has 1 fully saturated rings. The lowest BCUT2D eigenvalue weighted by Crippen LogP contribution is -2.46. The number of nitrogens with one attached hydrogen (secondary N) is 1. The van der Waals surface area contributed by atoms with Gasteiger partial charge in [-0.15, -0.1) is 0 Å². The van der Waals surface area contributed by atoms with Crippen LogP contribution in [0, 0.1) is 6.92 Å². The third-order valence-corrected chi connectivity index (χ3v) is 2.90. The topological polar surface area (TPSA) is 75.0 Å². The van der Waals surface area contributed by atoms with Gasteiger partial charge in [0.25, 0.3) is 0 Å². The number of hydrogen-bond donors (Lipinski definition) is 2. The van der Waals surface area contributed by atoms with Crippen molar-refractivity contribution >= 4 is 5.91 Å². The zero-order valence-corrected chi connectivity index (χ0v) is 9.57. The van der Waals surface area contributed by atoms with Crippen molar-refractivity contribution in [3.05, 3.63) is 17.5 Å². The molecule has 1 atom stereocenters. The van der Waals surface area contributed by atoms with E-state index in [1.54, 1.807) is 0 Å². The smallest absolute Gasteiger partial charge is 0.228 e. The van der Waals surface area contributed by atoms with E-state index in [0.717, 1.165) is 30.8 Å². The summed E-state index contributed by atoms with van der Waals surface area (Å²) in [5, 5.41) is 6.91. The Hall–Kier alpha value is -1.36. The van der Waals surface area contributed by atoms with E-state index in [0.29, 0.717) is 13.0 Å². The molecule has 1 amide bonds. The number of H-pyrrole nitrogens is 1. The molecule has 2 rings (SSSR count). The van der Waals surface area contributed by atoms with Crippen molar-refractivity contribution in [2.24, 2.45) is 5.73 Å². The van der Waals surface area contributed by atoms with Gasteiger partial charge in [-0.3, -0.25) is 9.89 Å². The van der Waals surface area contributed by atoms with Gasteiger partial charge < -0.3 is 10.6 Å². The zero-order valence-electron chi connectivity index (χ0n) is 9.57. The Morgan fingerprint density at radius 1 is 1.75 bits per heavy atom. The van der Waals surface area contributed by atoms with Crippen molar-refractivity contribution in [1.82, 2.24) is 15.1 Å². The van der Waals surface area contributed by atoms with E-state index in [-0.39, 0.29) is 11.9 Å². The highest BCUT2D eigenvalue weighted by molar-refractivity contribution is 5.78. The van der Waals surface area contributed by atoms with Crippen molar-refractivity contribution in [2.45, 2.75) is 32.2 Å². The quantitative estimate of drug-likeness (QED) is 0.751. The second-order valence-corrected chi connectivity index (χ2v) is 4.46. The third kappa shape index (κ3) is 2.61. The van der Waals surface area contributed by atoms with Gasteiger partial charge in [-0.05, 0) is 25.8 Å². The van der Waals surface area contributed by atoms with E-state index in [9.17, 15) is 4.79 Å². The van der Waals surface area contributed by atoms with Crippen LogP contribution in [0.15, 0.2) is 6.07 Å². The largest absolute Gasteiger partial charge is 0.341 e. The first kappa shape index (κ1) is 11.1. The highest BCUT2D eigenvalue weighted by Crippen LogP contribution is 2.10. The van der Waals surface area contributed by atoms with Crippen molar-refractivity contribution in [3.8, 4) is 0 Å². The molecule has 3 N–H and O–H groups in total. The minimum atomic E-state index is 0.127. The Bertz CT molecular complexity index is 374. The molecule has 5 nitrogen and oxygen atoms in total. The molecule has 1 saturated heterocycles. The summed E-state index contributed by atoms with van der Waals surface area (Å²) in [6.07, 6.45) is 2.40. The van der Waals surface area contributed by atoms with Crippen LogP contribution in [0.1, 0.15) is 24.2 Å². The number of carbonyl (C=O) groups is 1. The summed E-state index contributed by atoms with van der Waals surface area (Å²) in [4.78, 5) is 13.8. The number of hydrogen-bond acceptors (Lipinski definition) is 3. The van der Waals surface area contributed by atoms with Gasteiger partial charge in [-0.2, -0.15) is 5.10 Å². The average Bonchev–Trinajstić information content (AvgIpc) is 2.64. The van der Waals surface area contributed by atoms with Gasteiger partial charge in [-0.25, -0.2) is 0 Å². The number of piperidine rings is 1. The Morgan fingerprint density at radius 3 is 3.19 bits per heavy atom. The highest BCUT2D eigenvalue weighted by Gasteiger charge is 2.21. The summed E-state index contributed by atoms with van der Waals surface area (Å²) >= 11 is 0. The van der Waals surface area contributed by atoms with Crippen LogP contribution in [0.3, 0.4) is 0 Å². The molecule has 0 spiro atoms. The van der Waals surface area contributed by atoms with Gasteiger partial charge >= 0.3 is 0 Å². The number of carbonyl (C=O) groups excluding carboxylic acids is 1. The standard InChI is InChI=1S/C11H18N4O/c1-8-5-10(14-13-8)6-11(16)15-4-2-3-9(12)7-15/h5,9H,2-4,6-7,12H2,1H3,(H,13,14). The molecule has 0 saturated carbocycles. The predicted molar refractivity (Wildman–Crippen MR) is 60.8 cm³/mol. The van der Waals surface area contributed by atoms with E-state index >= 15 is 0 Å². The minimum absolute atomic E-state index is 0.127. The maximum atomic E-state index is 11.9. The lowest BCUT2D eigenvalue weighted by atomic mass is 10.1. The second kappa shape index (κ2) is 4.65. The van der Waals surface area contributed by atoms with E-state index in [4.69, 9.17) is 5.73 Å². The number of nitrogens with zero attached hydrogens (tertiary/aromatic N) is 2. The Kier molecular flexibility index (Phi) is 3.24. The first-order valence-electron chi connectivity index (χ1n) is 5.69. The van der Waals surface area contributed by atoms with Gasteiger partial charge in [0, 0.05) is 24.8 Å². The molecule has 0 radical (unpaired) electrons. The van der Waals surface area contributed by atoms with Crippen LogP contribution < -0.4 is 5.73 Å². The zero-order chi connectivity index (χ0) is 11.5. The lowest BCUT2D eigenvalue weighted by molar-refractivity contribution is -0.131. The predicted octanol–water partition coefficient (Wildman–Crippen LogP) is 0.210. The van der Waals surface area contributed by atoms with Crippen LogP contribution >= 0.6 is 0 Å². The summed E-state index contributed by atoms with van der Waals surface area (Å²) in [5.74, 6) is 0.127. The van der Waals surface area contributed by atoms with E-state index in [2.05, 4.69) is 10.2 Å². The maximum Gasteiger partial charge on any atom is 0.228 e. The number of aromatic amines is 1. The normalized spacial score (nSPS) is 21.1. The fraction of sp³-hybridized carbons (Fsp3) is 0.636. The molecule has 88 valence electrons. The van der Waals surface area contributed by atoms with Crippen LogP contribution in [0.4, 0.5) is 0 Å². The highest BCUT2D eigenvalue weighted by atomic mass is 16.2. The first-order valence-corrected chi connectivity index (χ1v) is 5.69. The number of rotatable bonds is 2. The molecule has 5 heteroatoms. The van der Waals surface area contributed by atoms with Gasteiger partial charge in [0.2, 0.25) is 5.91 Å². The van der Waals surface area contributed by atoms with Crippen LogP contribution in [-0.4, -0.2) is 40.1 Å². The van der Waals surface area contributed by atoms with Crippen LogP contribution in [0.5, 0.6) is 0 Å². The monoisotopic (exact) mass is 222 g/mol. The average molecular weight is 222 g/mol. The molecule has 1 aliphatic heterocycles. The number of aromatic nitrogens is 2. The summed E-state index contributed by atoms with van der Waals surface area (Å²) in [6, 6.07) is 2.04. The number of likely N-dealkylation sites (tertiary alicyclic amines) is 1. The van der Waals surface area contributed by atoms with Crippen molar-refractivity contribution < 1.29 is 4.79 Å². The molecule has 0 aromatic carbocycles. The van der Waals surface area contributed by atoms with Crippen LogP contribution in [0.25, 0.3) is 0 Å². The fourth-order valence-electron chi connectivity index (χ4n) is 2.07.